The van der Waals surface area contributed by atoms with E-state index in [1.54, 1.807) is 20.1 Å². The van der Waals surface area contributed by atoms with Gasteiger partial charge < -0.3 is 10.1 Å². The maximum absolute atomic E-state index is 13.1. The van der Waals surface area contributed by atoms with Crippen molar-refractivity contribution >= 4 is 18.3 Å². The molecule has 1 aliphatic rings. The number of carbonyl (C=O) groups excluding carboxylic acids is 1. The first-order valence-electron chi connectivity index (χ1n) is 6.47. The lowest BCUT2D eigenvalue weighted by Crippen LogP contribution is -2.41. The van der Waals surface area contributed by atoms with Crippen LogP contribution in [0.2, 0.25) is 0 Å². The summed E-state index contributed by atoms with van der Waals surface area (Å²) >= 11 is 0. The van der Waals surface area contributed by atoms with E-state index in [1.807, 2.05) is 18.2 Å². The van der Waals surface area contributed by atoms with Crippen LogP contribution >= 0.6 is 12.4 Å². The van der Waals surface area contributed by atoms with Crippen molar-refractivity contribution in [1.82, 2.24) is 10.6 Å². The lowest BCUT2D eigenvalue weighted by Gasteiger charge is -2.19. The molecule has 2 N–H and O–H groups in total. The predicted molar refractivity (Wildman–Crippen MR) is 78.2 cm³/mol. The minimum atomic E-state index is -2.81. The lowest BCUT2D eigenvalue weighted by molar-refractivity contribution is -0.124. The third-order valence-electron chi connectivity index (χ3n) is 3.39. The van der Waals surface area contributed by atoms with E-state index in [-0.39, 0.29) is 18.4 Å². The minimum Gasteiger partial charge on any atom is -0.496 e. The van der Waals surface area contributed by atoms with Crippen LogP contribution in [0.15, 0.2) is 24.3 Å². The topological polar surface area (TPSA) is 50.4 Å². The molecule has 1 aromatic carbocycles. The van der Waals surface area contributed by atoms with Gasteiger partial charge in [0.15, 0.2) is 0 Å². The molecule has 0 bridgehead atoms. The van der Waals surface area contributed by atoms with Gasteiger partial charge in [0.25, 0.3) is 5.92 Å². The number of para-hydroxylation sites is 1. The molecule has 1 amide bonds. The molecule has 1 fully saturated rings. The molecule has 118 valence electrons. The molecule has 0 aliphatic carbocycles. The van der Waals surface area contributed by atoms with E-state index in [9.17, 15) is 13.6 Å². The van der Waals surface area contributed by atoms with E-state index in [0.717, 1.165) is 5.56 Å². The molecule has 4 nitrogen and oxygen atoms in total. The van der Waals surface area contributed by atoms with Crippen molar-refractivity contribution in [2.45, 2.75) is 31.4 Å². The average Bonchev–Trinajstić information content (AvgIpc) is 2.79. The van der Waals surface area contributed by atoms with Crippen LogP contribution in [-0.4, -0.2) is 31.5 Å². The van der Waals surface area contributed by atoms with Gasteiger partial charge in [-0.2, -0.15) is 0 Å². The Morgan fingerprint density at radius 2 is 2.14 bits per heavy atom. The number of alkyl halides is 2. The number of hydrogen-bond acceptors (Lipinski definition) is 3. The Bertz CT molecular complexity index is 500. The molecule has 21 heavy (non-hydrogen) atoms. The van der Waals surface area contributed by atoms with Gasteiger partial charge in [-0.15, -0.1) is 12.4 Å². The summed E-state index contributed by atoms with van der Waals surface area (Å²) in [6.07, 6.45) is -0.461. The van der Waals surface area contributed by atoms with Crippen molar-refractivity contribution < 1.29 is 18.3 Å². The zero-order valence-corrected chi connectivity index (χ0v) is 12.7. The van der Waals surface area contributed by atoms with Crippen LogP contribution in [0.3, 0.4) is 0 Å². The molecule has 1 aromatic rings. The fourth-order valence-corrected chi connectivity index (χ4v) is 2.32. The first kappa shape index (κ1) is 17.7. The van der Waals surface area contributed by atoms with Crippen LogP contribution in [0.1, 0.15) is 24.9 Å². The highest BCUT2D eigenvalue weighted by atomic mass is 35.5. The summed E-state index contributed by atoms with van der Waals surface area (Å²) < 4.78 is 31.4. The normalized spacial score (nSPS) is 21.2. The van der Waals surface area contributed by atoms with Gasteiger partial charge in [-0.25, -0.2) is 8.78 Å². The van der Waals surface area contributed by atoms with E-state index in [4.69, 9.17) is 4.74 Å². The van der Waals surface area contributed by atoms with Crippen molar-refractivity contribution in [3.8, 4) is 5.75 Å². The van der Waals surface area contributed by atoms with Crippen LogP contribution in [0.25, 0.3) is 0 Å². The highest BCUT2D eigenvalue weighted by molar-refractivity contribution is 5.85. The quantitative estimate of drug-likeness (QED) is 0.895. The smallest absolute Gasteiger partial charge is 0.262 e. The van der Waals surface area contributed by atoms with Crippen molar-refractivity contribution in [3.05, 3.63) is 29.8 Å². The summed E-state index contributed by atoms with van der Waals surface area (Å²) in [5, 5.41) is 5.27. The van der Waals surface area contributed by atoms with Gasteiger partial charge in [0.1, 0.15) is 5.75 Å². The van der Waals surface area contributed by atoms with E-state index >= 15 is 0 Å². The van der Waals surface area contributed by atoms with Crippen molar-refractivity contribution in [2.24, 2.45) is 0 Å². The summed E-state index contributed by atoms with van der Waals surface area (Å²) in [4.78, 5) is 12.0. The van der Waals surface area contributed by atoms with E-state index in [2.05, 4.69) is 10.6 Å². The number of hydrogen-bond donors (Lipinski definition) is 2. The van der Waals surface area contributed by atoms with E-state index < -0.39 is 30.8 Å². The number of carbonyl (C=O) groups is 1. The third kappa shape index (κ3) is 4.28. The standard InChI is InChI=1S/C14H18F2N2O2.ClH/c1-9(10-5-3-4-6-12(10)20-2)18-13(19)11-7-14(15,16)8-17-11;/h3-6,9,11,17H,7-8H2,1-2H3,(H,18,19);1H. The zero-order valence-electron chi connectivity index (χ0n) is 11.9. The summed E-state index contributed by atoms with van der Waals surface area (Å²) in [6.45, 7) is 1.34. The zero-order chi connectivity index (χ0) is 14.8. The Morgan fingerprint density at radius 3 is 2.71 bits per heavy atom. The second-order valence-corrected chi connectivity index (χ2v) is 4.97. The maximum Gasteiger partial charge on any atom is 0.262 e. The fraction of sp³-hybridized carbons (Fsp3) is 0.500. The van der Waals surface area contributed by atoms with Gasteiger partial charge in [0, 0.05) is 12.0 Å². The largest absolute Gasteiger partial charge is 0.496 e. The van der Waals surface area contributed by atoms with Crippen molar-refractivity contribution in [1.29, 1.82) is 0 Å². The number of rotatable bonds is 4. The Balaban J connectivity index is 0.00000220. The number of nitrogens with one attached hydrogen (secondary N) is 2. The highest BCUT2D eigenvalue weighted by Gasteiger charge is 2.42. The molecule has 0 aromatic heterocycles. The Morgan fingerprint density at radius 1 is 1.48 bits per heavy atom. The summed E-state index contributed by atoms with van der Waals surface area (Å²) in [5.41, 5.74) is 0.813. The lowest BCUT2D eigenvalue weighted by atomic mass is 10.1. The van der Waals surface area contributed by atoms with Crippen molar-refractivity contribution in [2.75, 3.05) is 13.7 Å². The SMILES string of the molecule is COc1ccccc1C(C)NC(=O)C1CC(F)(F)CN1.Cl. The van der Waals surface area contributed by atoms with Gasteiger partial charge in [-0.05, 0) is 13.0 Å². The van der Waals surface area contributed by atoms with Gasteiger partial charge in [-0.1, -0.05) is 18.2 Å². The van der Waals surface area contributed by atoms with Gasteiger partial charge in [0.05, 0.1) is 25.7 Å². The van der Waals surface area contributed by atoms with Crippen LogP contribution in [0.4, 0.5) is 8.78 Å². The molecular formula is C14H19ClF2N2O2. The first-order chi connectivity index (χ1) is 9.43. The predicted octanol–water partition coefficient (Wildman–Crippen LogP) is 2.29. The molecule has 1 heterocycles. The maximum atomic E-state index is 13.1. The van der Waals surface area contributed by atoms with Crippen LogP contribution in [0.5, 0.6) is 5.75 Å². The second kappa shape index (κ2) is 7.04. The van der Waals surface area contributed by atoms with Gasteiger partial charge >= 0.3 is 0 Å². The fourth-order valence-electron chi connectivity index (χ4n) is 2.32. The number of methoxy groups -OCH3 is 1. The average molecular weight is 321 g/mol. The Kier molecular flexibility index (Phi) is 5.92. The van der Waals surface area contributed by atoms with Crippen LogP contribution in [-0.2, 0) is 4.79 Å². The number of halogens is 3. The van der Waals surface area contributed by atoms with Gasteiger partial charge in [0.2, 0.25) is 5.91 Å². The molecule has 1 aliphatic heterocycles. The molecule has 7 heteroatoms. The monoisotopic (exact) mass is 320 g/mol. The number of ether oxygens (including phenoxy) is 1. The third-order valence-corrected chi connectivity index (χ3v) is 3.39. The molecule has 0 spiro atoms. The molecule has 1 saturated heterocycles. The Labute approximate surface area is 128 Å². The van der Waals surface area contributed by atoms with Crippen molar-refractivity contribution in [3.63, 3.8) is 0 Å². The summed E-state index contributed by atoms with van der Waals surface area (Å²) in [5.74, 6) is -2.57. The molecule has 0 radical (unpaired) electrons. The Hall–Kier alpha value is -1.40. The van der Waals surface area contributed by atoms with Gasteiger partial charge in [-0.3, -0.25) is 10.1 Å². The number of benzene rings is 1. The molecule has 2 unspecified atom stereocenters. The summed E-state index contributed by atoms with van der Waals surface area (Å²) in [7, 11) is 1.55. The first-order valence-corrected chi connectivity index (χ1v) is 6.47. The number of amides is 1. The molecular weight excluding hydrogens is 302 g/mol. The second-order valence-electron chi connectivity index (χ2n) is 4.97. The van der Waals surface area contributed by atoms with E-state index in [0.29, 0.717) is 5.75 Å². The summed E-state index contributed by atoms with van der Waals surface area (Å²) in [6, 6.07) is 6.13. The molecule has 2 rings (SSSR count). The van der Waals surface area contributed by atoms with Crippen LogP contribution in [0, 0.1) is 0 Å². The molecule has 0 saturated carbocycles. The molecule has 2 atom stereocenters. The minimum absolute atomic E-state index is 0. The van der Waals surface area contributed by atoms with Crippen LogP contribution < -0.4 is 15.4 Å². The van der Waals surface area contributed by atoms with E-state index in [1.165, 1.54) is 0 Å². The highest BCUT2D eigenvalue weighted by Crippen LogP contribution is 2.27.